The van der Waals surface area contributed by atoms with Crippen LogP contribution in [0.15, 0.2) is 38.3 Å². The van der Waals surface area contributed by atoms with Gasteiger partial charge in [0.15, 0.2) is 0 Å². The largest absolute Gasteiger partial charge is 0.369 e. The Labute approximate surface area is 149 Å². The van der Waals surface area contributed by atoms with Crippen LogP contribution in [0.25, 0.3) is 0 Å². The Morgan fingerprint density at radius 3 is 2.35 bits per heavy atom. The zero-order valence-corrected chi connectivity index (χ0v) is 16.3. The predicted octanol–water partition coefficient (Wildman–Crippen LogP) is 3.64. The van der Waals surface area contributed by atoms with Gasteiger partial charge in [0.25, 0.3) is 10.0 Å². The van der Waals surface area contributed by atoms with Crippen molar-refractivity contribution in [2.75, 3.05) is 31.1 Å². The average molecular weight is 415 g/mol. The van der Waals surface area contributed by atoms with Gasteiger partial charge in [-0.15, -0.1) is 11.3 Å². The number of anilines is 1. The summed E-state index contributed by atoms with van der Waals surface area (Å²) in [6.07, 6.45) is 0. The Hall–Kier alpha value is -0.890. The quantitative estimate of drug-likeness (QED) is 0.769. The van der Waals surface area contributed by atoms with Crippen molar-refractivity contribution in [2.45, 2.75) is 18.1 Å². The van der Waals surface area contributed by atoms with Crippen LogP contribution < -0.4 is 4.90 Å². The standard InChI is InChI=1S/C16H19BrN2O2S2/c1-12-4-3-5-14(13(12)2)18-8-10-19(11-9-18)23(20,21)16-7-6-15(17)22-16/h3-7H,8-11H2,1-2H3. The summed E-state index contributed by atoms with van der Waals surface area (Å²) in [5, 5.41) is 0. The highest BCUT2D eigenvalue weighted by atomic mass is 79.9. The molecule has 0 atom stereocenters. The highest BCUT2D eigenvalue weighted by Crippen LogP contribution is 2.30. The van der Waals surface area contributed by atoms with Crippen molar-refractivity contribution in [2.24, 2.45) is 0 Å². The molecule has 1 saturated heterocycles. The summed E-state index contributed by atoms with van der Waals surface area (Å²) in [4.78, 5) is 2.28. The molecule has 0 saturated carbocycles. The van der Waals surface area contributed by atoms with E-state index in [1.165, 1.54) is 28.2 Å². The molecule has 1 aromatic heterocycles. The first-order valence-corrected chi connectivity index (χ1v) is 10.5. The fraction of sp³-hybridized carbons (Fsp3) is 0.375. The van der Waals surface area contributed by atoms with Gasteiger partial charge in [0.05, 0.1) is 3.79 Å². The van der Waals surface area contributed by atoms with Crippen molar-refractivity contribution in [3.8, 4) is 0 Å². The van der Waals surface area contributed by atoms with Gasteiger partial charge >= 0.3 is 0 Å². The SMILES string of the molecule is Cc1cccc(N2CCN(S(=O)(=O)c3ccc(Br)s3)CC2)c1C. The zero-order valence-electron chi connectivity index (χ0n) is 13.1. The van der Waals surface area contributed by atoms with Crippen LogP contribution in [0.3, 0.4) is 0 Å². The minimum absolute atomic E-state index is 0.407. The van der Waals surface area contributed by atoms with Gasteiger partial charge in [0, 0.05) is 31.9 Å². The zero-order chi connectivity index (χ0) is 16.6. The van der Waals surface area contributed by atoms with Crippen molar-refractivity contribution < 1.29 is 8.42 Å². The molecule has 1 aromatic carbocycles. The molecule has 23 heavy (non-hydrogen) atoms. The van der Waals surface area contributed by atoms with E-state index in [0.717, 1.165) is 16.9 Å². The Morgan fingerprint density at radius 1 is 1.04 bits per heavy atom. The number of aryl methyl sites for hydroxylation is 1. The lowest BCUT2D eigenvalue weighted by atomic mass is 10.1. The first-order chi connectivity index (χ1) is 10.9. The van der Waals surface area contributed by atoms with Gasteiger partial charge in [0.2, 0.25) is 0 Å². The summed E-state index contributed by atoms with van der Waals surface area (Å²) < 4.78 is 28.2. The molecular formula is C16H19BrN2O2S2. The molecular weight excluding hydrogens is 396 g/mol. The molecule has 0 radical (unpaired) electrons. The summed E-state index contributed by atoms with van der Waals surface area (Å²) in [5.41, 5.74) is 3.74. The van der Waals surface area contributed by atoms with Gasteiger partial charge in [-0.25, -0.2) is 8.42 Å². The van der Waals surface area contributed by atoms with Crippen LogP contribution in [-0.2, 0) is 10.0 Å². The van der Waals surface area contributed by atoms with Crippen LogP contribution in [0.1, 0.15) is 11.1 Å². The van der Waals surface area contributed by atoms with E-state index in [4.69, 9.17) is 0 Å². The second-order valence-corrected chi connectivity index (χ2v) is 10.3. The van der Waals surface area contributed by atoms with Gasteiger partial charge in [-0.1, -0.05) is 12.1 Å². The van der Waals surface area contributed by atoms with Crippen LogP contribution in [0.4, 0.5) is 5.69 Å². The monoisotopic (exact) mass is 414 g/mol. The van der Waals surface area contributed by atoms with Crippen molar-refractivity contribution in [3.05, 3.63) is 45.2 Å². The molecule has 124 valence electrons. The van der Waals surface area contributed by atoms with Crippen molar-refractivity contribution in [3.63, 3.8) is 0 Å². The molecule has 2 aromatic rings. The van der Waals surface area contributed by atoms with Crippen molar-refractivity contribution in [1.29, 1.82) is 0 Å². The van der Waals surface area contributed by atoms with E-state index in [2.05, 4.69) is 52.9 Å². The summed E-state index contributed by atoms with van der Waals surface area (Å²) in [5.74, 6) is 0. The molecule has 0 amide bonds. The molecule has 7 heteroatoms. The maximum Gasteiger partial charge on any atom is 0.252 e. The van der Waals surface area contributed by atoms with Gasteiger partial charge in [-0.2, -0.15) is 4.31 Å². The number of piperazine rings is 1. The number of rotatable bonds is 3. The summed E-state index contributed by atoms with van der Waals surface area (Å²) in [7, 11) is -3.37. The van der Waals surface area contributed by atoms with Crippen LogP contribution in [0.5, 0.6) is 0 Å². The molecule has 3 rings (SSSR count). The van der Waals surface area contributed by atoms with E-state index in [1.54, 1.807) is 16.4 Å². The third kappa shape index (κ3) is 3.33. The first kappa shape index (κ1) is 17.0. The number of hydrogen-bond acceptors (Lipinski definition) is 4. The van der Waals surface area contributed by atoms with E-state index < -0.39 is 10.0 Å². The lowest BCUT2D eigenvalue weighted by molar-refractivity contribution is 0.385. The van der Waals surface area contributed by atoms with Crippen LogP contribution >= 0.6 is 27.3 Å². The topological polar surface area (TPSA) is 40.6 Å². The van der Waals surface area contributed by atoms with E-state index >= 15 is 0 Å². The van der Waals surface area contributed by atoms with E-state index in [0.29, 0.717) is 17.3 Å². The molecule has 0 N–H and O–H groups in total. The average Bonchev–Trinajstić information content (AvgIpc) is 2.98. The normalized spacial score (nSPS) is 16.7. The molecule has 1 fully saturated rings. The first-order valence-electron chi connectivity index (χ1n) is 7.46. The number of thiophene rings is 1. The maximum atomic E-state index is 12.7. The lowest BCUT2D eigenvalue weighted by Crippen LogP contribution is -2.48. The van der Waals surface area contributed by atoms with E-state index in [9.17, 15) is 8.42 Å². The van der Waals surface area contributed by atoms with Crippen LogP contribution in [0.2, 0.25) is 0 Å². The smallest absolute Gasteiger partial charge is 0.252 e. The third-order valence-corrected chi connectivity index (χ3v) is 8.29. The Morgan fingerprint density at radius 2 is 1.74 bits per heavy atom. The van der Waals surface area contributed by atoms with Gasteiger partial charge in [-0.3, -0.25) is 0 Å². The number of sulfonamides is 1. The van der Waals surface area contributed by atoms with E-state index in [1.807, 2.05) is 0 Å². The highest BCUT2D eigenvalue weighted by Gasteiger charge is 2.30. The molecule has 4 nitrogen and oxygen atoms in total. The summed E-state index contributed by atoms with van der Waals surface area (Å²) in [6.45, 7) is 6.70. The van der Waals surface area contributed by atoms with E-state index in [-0.39, 0.29) is 0 Å². The van der Waals surface area contributed by atoms with Crippen molar-refractivity contribution >= 4 is 43.0 Å². The summed E-state index contributed by atoms with van der Waals surface area (Å²) >= 11 is 4.59. The number of halogens is 1. The Bertz CT molecular complexity index is 809. The molecule has 1 aliphatic heterocycles. The second-order valence-electron chi connectivity index (χ2n) is 5.67. The molecule has 0 unspecified atom stereocenters. The molecule has 1 aliphatic rings. The van der Waals surface area contributed by atoms with Crippen molar-refractivity contribution in [1.82, 2.24) is 4.31 Å². The third-order valence-electron chi connectivity index (χ3n) is 4.30. The Kier molecular flexibility index (Phi) is 4.83. The fourth-order valence-corrected chi connectivity index (χ4v) is 6.40. The second kappa shape index (κ2) is 6.55. The van der Waals surface area contributed by atoms with Gasteiger partial charge < -0.3 is 4.90 Å². The molecule has 2 heterocycles. The fourth-order valence-electron chi connectivity index (χ4n) is 2.81. The maximum absolute atomic E-state index is 12.7. The predicted molar refractivity (Wildman–Crippen MR) is 98.9 cm³/mol. The Balaban J connectivity index is 1.75. The van der Waals surface area contributed by atoms with Gasteiger partial charge in [-0.05, 0) is 59.1 Å². The van der Waals surface area contributed by atoms with Gasteiger partial charge in [0.1, 0.15) is 4.21 Å². The number of hydrogen-bond donors (Lipinski definition) is 0. The van der Waals surface area contributed by atoms with Crippen LogP contribution in [-0.4, -0.2) is 38.9 Å². The van der Waals surface area contributed by atoms with Crippen LogP contribution in [0, 0.1) is 13.8 Å². The lowest BCUT2D eigenvalue weighted by Gasteiger charge is -2.36. The minimum Gasteiger partial charge on any atom is -0.369 e. The molecule has 0 aliphatic carbocycles. The minimum atomic E-state index is -3.37. The molecule has 0 spiro atoms. The number of nitrogens with zero attached hydrogens (tertiary/aromatic N) is 2. The molecule has 0 bridgehead atoms. The highest BCUT2D eigenvalue weighted by molar-refractivity contribution is 9.11. The summed E-state index contributed by atoms with van der Waals surface area (Å²) in [6, 6.07) is 9.73. The number of benzene rings is 1.